The van der Waals surface area contributed by atoms with E-state index in [9.17, 15) is 13.2 Å². The molecule has 3 aromatic rings. The number of aromatic nitrogens is 2. The average Bonchev–Trinajstić information content (AvgIpc) is 3.23. The molecule has 0 atom stereocenters. The number of thiophene rings is 1. The minimum atomic E-state index is -3.83. The molecule has 0 N–H and O–H groups in total. The summed E-state index contributed by atoms with van der Waals surface area (Å²) in [6.45, 7) is 3.44. The second-order valence-corrected chi connectivity index (χ2v) is 10.5. The van der Waals surface area contributed by atoms with Gasteiger partial charge in [0.1, 0.15) is 5.69 Å². The van der Waals surface area contributed by atoms with E-state index in [0.29, 0.717) is 28.4 Å². The summed E-state index contributed by atoms with van der Waals surface area (Å²) in [5, 5.41) is 6.27. The van der Waals surface area contributed by atoms with Crippen molar-refractivity contribution < 1.29 is 13.2 Å². The van der Waals surface area contributed by atoms with Gasteiger partial charge in [-0.1, -0.05) is 18.2 Å². The Morgan fingerprint density at radius 1 is 1.25 bits per heavy atom. The zero-order chi connectivity index (χ0) is 20.5. The van der Waals surface area contributed by atoms with E-state index >= 15 is 0 Å². The van der Waals surface area contributed by atoms with Crippen LogP contribution in [-0.2, 0) is 22.8 Å². The van der Waals surface area contributed by atoms with Crippen molar-refractivity contribution in [1.82, 2.24) is 9.78 Å². The maximum atomic E-state index is 13.2. The molecule has 0 radical (unpaired) electrons. The fraction of sp³-hybridized carbons (Fsp3) is 0.263. The highest BCUT2D eigenvalue weighted by Gasteiger charge is 2.31. The summed E-state index contributed by atoms with van der Waals surface area (Å²) in [6, 6.07) is 11.1. The van der Waals surface area contributed by atoms with Crippen molar-refractivity contribution >= 4 is 44.7 Å². The Morgan fingerprint density at radius 2 is 2.00 bits per heavy atom. The molecule has 0 aliphatic heterocycles. The third-order valence-electron chi connectivity index (χ3n) is 4.24. The number of carbonyl (C=O) groups excluding carboxylic acids is 1. The Hall–Kier alpha value is -2.10. The third kappa shape index (κ3) is 4.31. The minimum absolute atomic E-state index is 0.313. The van der Waals surface area contributed by atoms with Crippen LogP contribution in [0.5, 0.6) is 0 Å². The molecule has 0 bridgehead atoms. The Morgan fingerprint density at radius 3 is 2.57 bits per heavy atom. The van der Waals surface area contributed by atoms with Gasteiger partial charge in [0, 0.05) is 18.4 Å². The molecule has 1 amide bonds. The molecule has 148 valence electrons. The first-order chi connectivity index (χ1) is 13.2. The molecule has 0 saturated carbocycles. The number of aryl methyl sites for hydroxylation is 2. The van der Waals surface area contributed by atoms with E-state index in [0.717, 1.165) is 16.1 Å². The SMILES string of the molecule is Cc1nn(C)c(C)c1N(C(=O)c1cccc(CSc2cccs2)c1)S(C)(=O)=O. The largest absolute Gasteiger partial charge is 0.272 e. The van der Waals surface area contributed by atoms with Gasteiger partial charge in [-0.3, -0.25) is 9.48 Å². The molecule has 2 aromatic heterocycles. The van der Waals surface area contributed by atoms with Crippen molar-refractivity contribution in [3.8, 4) is 0 Å². The summed E-state index contributed by atoms with van der Waals surface area (Å²) in [5.41, 5.74) is 2.70. The number of thioether (sulfide) groups is 1. The van der Waals surface area contributed by atoms with Crippen LogP contribution in [0.1, 0.15) is 27.3 Å². The van der Waals surface area contributed by atoms with Crippen LogP contribution in [0.2, 0.25) is 0 Å². The number of rotatable bonds is 6. The highest BCUT2D eigenvalue weighted by molar-refractivity contribution is 8.00. The van der Waals surface area contributed by atoms with Gasteiger partial charge in [-0.2, -0.15) is 9.40 Å². The maximum absolute atomic E-state index is 13.2. The van der Waals surface area contributed by atoms with E-state index in [1.54, 1.807) is 66.9 Å². The summed E-state index contributed by atoms with van der Waals surface area (Å²) < 4.78 is 28.6. The van der Waals surface area contributed by atoms with E-state index in [-0.39, 0.29) is 0 Å². The van der Waals surface area contributed by atoms with Crippen LogP contribution in [0.15, 0.2) is 46.0 Å². The van der Waals surface area contributed by atoms with Gasteiger partial charge in [-0.15, -0.1) is 23.1 Å². The Labute approximate surface area is 173 Å². The zero-order valence-corrected chi connectivity index (χ0v) is 18.5. The van der Waals surface area contributed by atoms with Crippen molar-refractivity contribution in [3.63, 3.8) is 0 Å². The van der Waals surface area contributed by atoms with Crippen LogP contribution in [0.25, 0.3) is 0 Å². The van der Waals surface area contributed by atoms with Gasteiger partial charge in [0.2, 0.25) is 10.0 Å². The molecule has 0 aliphatic rings. The Kier molecular flexibility index (Phi) is 5.97. The number of carbonyl (C=O) groups is 1. The molecular formula is C19H21N3O3S3. The number of anilines is 1. The summed E-state index contributed by atoms with van der Waals surface area (Å²) in [6.07, 6.45) is 1.03. The molecule has 28 heavy (non-hydrogen) atoms. The van der Waals surface area contributed by atoms with E-state index in [1.807, 2.05) is 23.6 Å². The fourth-order valence-electron chi connectivity index (χ4n) is 2.89. The highest BCUT2D eigenvalue weighted by Crippen LogP contribution is 2.30. The smallest absolute Gasteiger partial charge is 0.270 e. The number of benzene rings is 1. The lowest BCUT2D eigenvalue weighted by atomic mass is 10.1. The van der Waals surface area contributed by atoms with Crippen LogP contribution in [0.4, 0.5) is 5.69 Å². The van der Waals surface area contributed by atoms with Gasteiger partial charge < -0.3 is 0 Å². The monoisotopic (exact) mass is 435 g/mol. The van der Waals surface area contributed by atoms with Crippen LogP contribution in [0, 0.1) is 13.8 Å². The van der Waals surface area contributed by atoms with Crippen LogP contribution >= 0.6 is 23.1 Å². The number of amides is 1. The lowest BCUT2D eigenvalue weighted by Gasteiger charge is -2.21. The first-order valence-corrected chi connectivity index (χ1v) is 12.2. The van der Waals surface area contributed by atoms with Crippen molar-refractivity contribution in [2.24, 2.45) is 7.05 Å². The molecule has 9 heteroatoms. The second kappa shape index (κ2) is 8.10. The first kappa shape index (κ1) is 20.6. The van der Waals surface area contributed by atoms with Gasteiger partial charge in [0.15, 0.2) is 0 Å². The highest BCUT2D eigenvalue weighted by atomic mass is 32.2. The van der Waals surface area contributed by atoms with Crippen LogP contribution < -0.4 is 4.31 Å². The quantitative estimate of drug-likeness (QED) is 0.547. The Bertz CT molecular complexity index is 1100. The lowest BCUT2D eigenvalue weighted by molar-refractivity contribution is 0.100. The molecule has 0 aliphatic carbocycles. The van der Waals surface area contributed by atoms with Crippen molar-refractivity contribution in [3.05, 3.63) is 64.3 Å². The standard InChI is InChI=1S/C19H21N3O3S3/c1-13-18(14(2)21(3)20-13)22(28(4,24)25)19(23)16-8-5-7-15(11-16)12-27-17-9-6-10-26-17/h5-11H,12H2,1-4H3. The fourth-order valence-corrected chi connectivity index (χ4v) is 5.62. The number of hydrogen-bond donors (Lipinski definition) is 0. The van der Waals surface area contributed by atoms with Gasteiger partial charge in [-0.25, -0.2) is 8.42 Å². The molecule has 0 unspecified atom stereocenters. The average molecular weight is 436 g/mol. The lowest BCUT2D eigenvalue weighted by Crippen LogP contribution is -2.37. The molecular weight excluding hydrogens is 414 g/mol. The molecule has 2 heterocycles. The normalized spacial score (nSPS) is 11.6. The predicted octanol–water partition coefficient (Wildman–Crippen LogP) is 4.00. The second-order valence-electron chi connectivity index (χ2n) is 6.40. The van der Waals surface area contributed by atoms with Crippen molar-refractivity contribution in [2.75, 3.05) is 10.6 Å². The van der Waals surface area contributed by atoms with Crippen LogP contribution in [-0.4, -0.2) is 30.4 Å². The van der Waals surface area contributed by atoms with Gasteiger partial charge in [0.25, 0.3) is 5.91 Å². The predicted molar refractivity (Wildman–Crippen MR) is 115 cm³/mol. The van der Waals surface area contributed by atoms with Gasteiger partial charge >= 0.3 is 0 Å². The summed E-state index contributed by atoms with van der Waals surface area (Å²) in [7, 11) is -2.11. The summed E-state index contributed by atoms with van der Waals surface area (Å²) >= 11 is 3.34. The van der Waals surface area contributed by atoms with Crippen molar-refractivity contribution in [1.29, 1.82) is 0 Å². The van der Waals surface area contributed by atoms with Gasteiger partial charge in [0.05, 0.1) is 21.9 Å². The van der Waals surface area contributed by atoms with E-state index in [1.165, 1.54) is 4.21 Å². The third-order valence-corrected chi connectivity index (χ3v) is 7.45. The molecule has 6 nitrogen and oxygen atoms in total. The number of hydrogen-bond acceptors (Lipinski definition) is 6. The first-order valence-electron chi connectivity index (χ1n) is 8.48. The molecule has 0 spiro atoms. The van der Waals surface area contributed by atoms with E-state index in [4.69, 9.17) is 0 Å². The topological polar surface area (TPSA) is 72.3 Å². The molecule has 3 rings (SSSR count). The minimum Gasteiger partial charge on any atom is -0.270 e. The molecule has 0 fully saturated rings. The van der Waals surface area contributed by atoms with Crippen LogP contribution in [0.3, 0.4) is 0 Å². The summed E-state index contributed by atoms with van der Waals surface area (Å²) in [5.74, 6) is 0.121. The van der Waals surface area contributed by atoms with Crippen molar-refractivity contribution in [2.45, 2.75) is 23.8 Å². The molecule has 0 saturated heterocycles. The van der Waals surface area contributed by atoms with Gasteiger partial charge in [-0.05, 0) is 43.0 Å². The number of nitrogens with zero attached hydrogens (tertiary/aromatic N) is 3. The molecule has 1 aromatic carbocycles. The van der Waals surface area contributed by atoms with E-state index < -0.39 is 15.9 Å². The Balaban J connectivity index is 1.94. The number of sulfonamides is 1. The van der Waals surface area contributed by atoms with E-state index in [2.05, 4.69) is 5.10 Å². The zero-order valence-electron chi connectivity index (χ0n) is 16.0. The maximum Gasteiger partial charge on any atom is 0.272 e. The summed E-state index contributed by atoms with van der Waals surface area (Å²) in [4.78, 5) is 13.2.